The molecule has 2 aliphatic rings. The molecule has 9 nitrogen and oxygen atoms in total. The van der Waals surface area contributed by atoms with E-state index in [1.807, 2.05) is 0 Å². The number of anilines is 1. The molecule has 0 radical (unpaired) electrons. The van der Waals surface area contributed by atoms with Gasteiger partial charge in [0, 0.05) is 29.9 Å². The zero-order valence-electron chi connectivity index (χ0n) is 19.8. The minimum atomic E-state index is -1.32. The number of rotatable bonds is 5. The first-order valence-electron chi connectivity index (χ1n) is 11.7. The van der Waals surface area contributed by atoms with Crippen molar-refractivity contribution in [3.05, 3.63) is 52.6 Å². The Labute approximate surface area is 212 Å². The molecule has 1 spiro atoms. The van der Waals surface area contributed by atoms with E-state index in [0.717, 1.165) is 19.3 Å². The van der Waals surface area contributed by atoms with Crippen molar-refractivity contribution in [3.63, 3.8) is 0 Å². The molecule has 1 amide bonds. The van der Waals surface area contributed by atoms with Gasteiger partial charge >= 0.3 is 0 Å². The number of nitrogen functional groups attached to an aromatic ring is 1. The predicted octanol–water partition coefficient (Wildman–Crippen LogP) is 2.70. The molecule has 5 rings (SSSR count). The maximum absolute atomic E-state index is 13.6. The number of benzene rings is 1. The van der Waals surface area contributed by atoms with Crippen molar-refractivity contribution in [1.29, 1.82) is 0 Å². The van der Waals surface area contributed by atoms with Crippen LogP contribution in [0.3, 0.4) is 0 Å². The zero-order chi connectivity index (χ0) is 25.6. The molecule has 188 valence electrons. The van der Waals surface area contributed by atoms with Gasteiger partial charge in [0.15, 0.2) is 0 Å². The Morgan fingerprint density at radius 2 is 2.19 bits per heavy atom. The Kier molecular flexibility index (Phi) is 6.24. The normalized spacial score (nSPS) is 21.8. The third kappa shape index (κ3) is 4.34. The number of likely N-dealkylation sites (tertiary alicyclic amines) is 1. The van der Waals surface area contributed by atoms with E-state index < -0.39 is 6.23 Å². The second-order valence-corrected chi connectivity index (χ2v) is 10.0. The number of amides is 1. The van der Waals surface area contributed by atoms with Gasteiger partial charge in [-0.1, -0.05) is 17.5 Å². The second kappa shape index (κ2) is 9.24. The maximum Gasteiger partial charge on any atom is 0.298 e. The van der Waals surface area contributed by atoms with Crippen LogP contribution in [-0.2, 0) is 11.3 Å². The third-order valence-electron chi connectivity index (χ3n) is 7.17. The first-order chi connectivity index (χ1) is 17.2. The van der Waals surface area contributed by atoms with Gasteiger partial charge in [0.25, 0.3) is 5.91 Å². The molecule has 2 fully saturated rings. The van der Waals surface area contributed by atoms with Crippen LogP contribution in [-0.4, -0.2) is 48.6 Å². The molecule has 5 N–H and O–H groups in total. The van der Waals surface area contributed by atoms with Crippen LogP contribution < -0.4 is 11.5 Å². The Morgan fingerprint density at radius 3 is 2.92 bits per heavy atom. The van der Waals surface area contributed by atoms with Gasteiger partial charge in [-0.25, -0.2) is 9.07 Å². The molecule has 3 heterocycles. The molecule has 11 heteroatoms. The highest BCUT2D eigenvalue weighted by Crippen LogP contribution is 2.55. The fraction of sp³-hybridized carbons (Fsp3) is 0.400. The molecule has 1 unspecified atom stereocenters. The largest absolute Gasteiger partial charge is 0.384 e. The summed E-state index contributed by atoms with van der Waals surface area (Å²) < 4.78 is 17.0. The third-order valence-corrected chi connectivity index (χ3v) is 7.54. The first kappa shape index (κ1) is 24.3. The number of carbonyl (C=O) groups is 1. The standard InChI is InChI=1S/C25H27ClFN7O2/c1-2-3-20(35)32-7-6-25(14-32)9-18(10-25)34-23(28)21(24(29)36)22(31-34)16-11-30-33(13-16)12-15-8-17(27)4-5-19(15)26/h4-5,8,11,13,18,24,36H,6-7,9-10,12,14,28-29H2,1H3/t18-,24?,25-. The number of aliphatic hydroxyl groups excluding tert-OH is 1. The van der Waals surface area contributed by atoms with Crippen LogP contribution in [0.25, 0.3) is 11.3 Å². The smallest absolute Gasteiger partial charge is 0.298 e. The van der Waals surface area contributed by atoms with Gasteiger partial charge in [0.05, 0.1) is 24.3 Å². The number of nitrogens with zero attached hydrogens (tertiary/aromatic N) is 5. The fourth-order valence-corrected chi connectivity index (χ4v) is 5.57. The molecular weight excluding hydrogens is 485 g/mol. The highest BCUT2D eigenvalue weighted by molar-refractivity contribution is 6.31. The van der Waals surface area contributed by atoms with Gasteiger partial charge in [-0.05, 0) is 61.3 Å². The number of halogens is 2. The van der Waals surface area contributed by atoms with E-state index in [2.05, 4.69) is 16.9 Å². The van der Waals surface area contributed by atoms with Crippen molar-refractivity contribution >= 4 is 23.3 Å². The van der Waals surface area contributed by atoms with E-state index in [-0.39, 0.29) is 29.7 Å². The Balaban J connectivity index is 1.36. The average molecular weight is 512 g/mol. The summed E-state index contributed by atoms with van der Waals surface area (Å²) in [5.41, 5.74) is 14.3. The highest BCUT2D eigenvalue weighted by atomic mass is 35.5. The van der Waals surface area contributed by atoms with Gasteiger partial charge in [0.1, 0.15) is 23.6 Å². The Morgan fingerprint density at radius 1 is 1.42 bits per heavy atom. The van der Waals surface area contributed by atoms with Crippen LogP contribution >= 0.6 is 11.6 Å². The molecule has 0 bridgehead atoms. The summed E-state index contributed by atoms with van der Waals surface area (Å²) in [6, 6.07) is 4.20. The van der Waals surface area contributed by atoms with Gasteiger partial charge in [-0.2, -0.15) is 10.2 Å². The molecule has 1 aliphatic heterocycles. The number of aromatic nitrogens is 4. The van der Waals surface area contributed by atoms with Crippen LogP contribution in [0.4, 0.5) is 10.2 Å². The topological polar surface area (TPSA) is 128 Å². The van der Waals surface area contributed by atoms with Crippen LogP contribution in [0.1, 0.15) is 49.6 Å². The van der Waals surface area contributed by atoms with E-state index >= 15 is 0 Å². The van der Waals surface area contributed by atoms with E-state index in [1.54, 1.807) is 33.6 Å². The van der Waals surface area contributed by atoms with Crippen LogP contribution in [0.15, 0.2) is 30.6 Å². The van der Waals surface area contributed by atoms with E-state index in [9.17, 15) is 14.3 Å². The van der Waals surface area contributed by atoms with Crippen molar-refractivity contribution in [2.75, 3.05) is 18.8 Å². The summed E-state index contributed by atoms with van der Waals surface area (Å²) in [6.07, 6.45) is 4.56. The minimum absolute atomic E-state index is 0.0321. The van der Waals surface area contributed by atoms with Gasteiger partial charge < -0.3 is 21.5 Å². The maximum atomic E-state index is 13.6. The molecule has 1 aromatic carbocycles. The summed E-state index contributed by atoms with van der Waals surface area (Å²) in [4.78, 5) is 14.0. The summed E-state index contributed by atoms with van der Waals surface area (Å²) >= 11 is 6.19. The Bertz CT molecular complexity index is 1380. The van der Waals surface area contributed by atoms with Crippen molar-refractivity contribution < 1.29 is 14.3 Å². The lowest BCUT2D eigenvalue weighted by atomic mass is 9.65. The number of hydrogen-bond acceptors (Lipinski definition) is 6. The average Bonchev–Trinajstić information content (AvgIpc) is 3.52. The summed E-state index contributed by atoms with van der Waals surface area (Å²) in [5, 5.41) is 19.8. The molecular formula is C25H27ClFN7O2. The number of carbonyl (C=O) groups excluding carboxylic acids is 1. The zero-order valence-corrected chi connectivity index (χ0v) is 20.5. The Hall–Kier alpha value is -3.39. The predicted molar refractivity (Wildman–Crippen MR) is 133 cm³/mol. The van der Waals surface area contributed by atoms with Crippen molar-refractivity contribution in [1.82, 2.24) is 24.5 Å². The SMILES string of the molecule is CC#CC(=O)N1CC[C@]2(C1)C[C@H](n1nc(-c3cnn(Cc4cc(F)ccc4Cl)c3)c(C(N)O)c1N)C2. The second-order valence-electron chi connectivity index (χ2n) is 9.61. The van der Waals surface area contributed by atoms with Crippen molar-refractivity contribution in [3.8, 4) is 23.1 Å². The molecule has 36 heavy (non-hydrogen) atoms. The molecule has 1 saturated heterocycles. The van der Waals surface area contributed by atoms with Crippen molar-refractivity contribution in [2.24, 2.45) is 11.1 Å². The number of nitrogens with two attached hydrogens (primary N) is 2. The minimum Gasteiger partial charge on any atom is -0.384 e. The molecule has 1 atom stereocenters. The summed E-state index contributed by atoms with van der Waals surface area (Å²) in [7, 11) is 0. The molecule has 1 saturated carbocycles. The number of hydrogen-bond donors (Lipinski definition) is 3. The van der Waals surface area contributed by atoms with Crippen molar-refractivity contribution in [2.45, 2.75) is 45.0 Å². The van der Waals surface area contributed by atoms with Gasteiger partial charge in [-0.3, -0.25) is 9.48 Å². The van der Waals surface area contributed by atoms with E-state index in [4.69, 9.17) is 28.2 Å². The van der Waals surface area contributed by atoms with E-state index in [1.165, 1.54) is 18.2 Å². The van der Waals surface area contributed by atoms with Gasteiger partial charge in [0.2, 0.25) is 0 Å². The number of aliphatic hydroxyl groups is 1. The first-order valence-corrected chi connectivity index (χ1v) is 12.1. The van der Waals surface area contributed by atoms with Gasteiger partial charge in [-0.15, -0.1) is 0 Å². The lowest BCUT2D eigenvalue weighted by Crippen LogP contribution is -2.42. The van der Waals surface area contributed by atoms with Crippen LogP contribution in [0.5, 0.6) is 0 Å². The highest BCUT2D eigenvalue weighted by Gasteiger charge is 2.51. The monoisotopic (exact) mass is 511 g/mol. The van der Waals surface area contributed by atoms with E-state index in [0.29, 0.717) is 46.3 Å². The molecule has 2 aromatic heterocycles. The molecule has 1 aliphatic carbocycles. The molecule has 3 aromatic rings. The fourth-order valence-electron chi connectivity index (χ4n) is 5.40. The lowest BCUT2D eigenvalue weighted by molar-refractivity contribution is -0.125. The lowest BCUT2D eigenvalue weighted by Gasteiger charge is -2.45. The van der Waals surface area contributed by atoms with Crippen LogP contribution in [0.2, 0.25) is 5.02 Å². The quantitative estimate of drug-likeness (QED) is 0.357. The summed E-state index contributed by atoms with van der Waals surface area (Å²) in [6.45, 7) is 3.29. The van der Waals surface area contributed by atoms with Crippen LogP contribution in [0, 0.1) is 23.1 Å². The summed E-state index contributed by atoms with van der Waals surface area (Å²) in [5.74, 6) is 5.07.